The lowest BCUT2D eigenvalue weighted by Crippen LogP contribution is -2.38. The highest BCUT2D eigenvalue weighted by molar-refractivity contribution is 5.98. The normalized spacial score (nSPS) is 16.9. The SMILES string of the molecule is CC(C)NC(=O)c1ccc2ccc(-c3nnc4ccc([C@H](N5CC[C@H](N)C5)C(F)(F)F)cn34)nc2c1.Cl.Cl. The molecule has 1 saturated heterocycles. The number of likely N-dealkylation sites (tertiary alicyclic amines) is 1. The first-order valence-corrected chi connectivity index (χ1v) is 11.7. The minimum absolute atomic E-state index is 0. The summed E-state index contributed by atoms with van der Waals surface area (Å²) in [6.07, 6.45) is -2.53. The molecular weight excluding hydrogens is 542 g/mol. The largest absolute Gasteiger partial charge is 0.408 e. The van der Waals surface area contributed by atoms with Crippen LogP contribution in [0.25, 0.3) is 28.1 Å². The summed E-state index contributed by atoms with van der Waals surface area (Å²) >= 11 is 0. The highest BCUT2D eigenvalue weighted by atomic mass is 35.5. The molecule has 0 spiro atoms. The van der Waals surface area contributed by atoms with Gasteiger partial charge in [0.2, 0.25) is 0 Å². The smallest absolute Gasteiger partial charge is 0.350 e. The third-order valence-electron chi connectivity index (χ3n) is 6.28. The minimum Gasteiger partial charge on any atom is -0.350 e. The highest BCUT2D eigenvalue weighted by Crippen LogP contribution is 2.39. The summed E-state index contributed by atoms with van der Waals surface area (Å²) in [7, 11) is 0. The van der Waals surface area contributed by atoms with Crippen LogP contribution in [0.1, 0.15) is 42.2 Å². The van der Waals surface area contributed by atoms with E-state index in [2.05, 4.69) is 20.5 Å². The molecule has 1 aliphatic rings. The zero-order valence-corrected chi connectivity index (χ0v) is 22.3. The molecule has 1 aliphatic heterocycles. The van der Waals surface area contributed by atoms with Gasteiger partial charge in [0, 0.05) is 42.3 Å². The molecule has 1 aromatic carbocycles. The maximum atomic E-state index is 14.1. The predicted molar refractivity (Wildman–Crippen MR) is 144 cm³/mol. The Balaban J connectivity index is 0.00000200. The fourth-order valence-corrected chi connectivity index (χ4v) is 4.63. The number of benzene rings is 1. The molecule has 13 heteroatoms. The molecule has 0 radical (unpaired) electrons. The van der Waals surface area contributed by atoms with Crippen molar-refractivity contribution in [2.24, 2.45) is 5.73 Å². The van der Waals surface area contributed by atoms with Crippen molar-refractivity contribution < 1.29 is 18.0 Å². The molecular formula is C25H28Cl2F3N7O. The monoisotopic (exact) mass is 569 g/mol. The minimum atomic E-state index is -4.47. The van der Waals surface area contributed by atoms with Gasteiger partial charge in [0.15, 0.2) is 11.5 Å². The molecule has 1 amide bonds. The van der Waals surface area contributed by atoms with Gasteiger partial charge in [-0.25, -0.2) is 4.98 Å². The molecule has 0 unspecified atom stereocenters. The van der Waals surface area contributed by atoms with Crippen LogP contribution in [0, 0.1) is 0 Å². The third-order valence-corrected chi connectivity index (χ3v) is 6.28. The van der Waals surface area contributed by atoms with Crippen LogP contribution < -0.4 is 11.1 Å². The summed E-state index contributed by atoms with van der Waals surface area (Å²) in [6, 6.07) is 9.66. The maximum Gasteiger partial charge on any atom is 0.408 e. The van der Waals surface area contributed by atoms with Crippen LogP contribution in [0.5, 0.6) is 0 Å². The summed E-state index contributed by atoms with van der Waals surface area (Å²) in [6.45, 7) is 4.20. The summed E-state index contributed by atoms with van der Waals surface area (Å²) in [4.78, 5) is 18.4. The second kappa shape index (κ2) is 11.4. The summed E-state index contributed by atoms with van der Waals surface area (Å²) in [5, 5.41) is 12.0. The Kier molecular flexibility index (Phi) is 8.87. The topological polar surface area (TPSA) is 101 Å². The molecule has 5 rings (SSSR count). The van der Waals surface area contributed by atoms with Gasteiger partial charge in [-0.05, 0) is 50.1 Å². The Bertz CT molecular complexity index is 1440. The quantitative estimate of drug-likeness (QED) is 0.365. The first-order chi connectivity index (χ1) is 17.1. The first kappa shape index (κ1) is 29.6. The van der Waals surface area contributed by atoms with Gasteiger partial charge in [-0.1, -0.05) is 18.2 Å². The van der Waals surface area contributed by atoms with Gasteiger partial charge < -0.3 is 11.1 Å². The van der Waals surface area contributed by atoms with E-state index in [1.165, 1.54) is 27.6 Å². The van der Waals surface area contributed by atoms with Crippen molar-refractivity contribution in [2.75, 3.05) is 13.1 Å². The van der Waals surface area contributed by atoms with E-state index in [0.29, 0.717) is 34.7 Å². The Morgan fingerprint density at radius 2 is 1.84 bits per heavy atom. The number of hydrogen-bond acceptors (Lipinski definition) is 6. The number of carbonyl (C=O) groups is 1. The number of pyridine rings is 2. The number of nitrogens with one attached hydrogen (secondary N) is 1. The molecule has 4 heterocycles. The summed E-state index contributed by atoms with van der Waals surface area (Å²) in [5.41, 5.74) is 7.83. The number of aromatic nitrogens is 4. The van der Waals surface area contributed by atoms with E-state index >= 15 is 0 Å². The molecule has 1 fully saturated rings. The maximum absolute atomic E-state index is 14.1. The van der Waals surface area contributed by atoms with Crippen LogP contribution in [-0.2, 0) is 0 Å². The van der Waals surface area contributed by atoms with Gasteiger partial charge in [-0.15, -0.1) is 35.0 Å². The second-order valence-corrected chi connectivity index (χ2v) is 9.43. The second-order valence-electron chi connectivity index (χ2n) is 9.43. The molecule has 0 saturated carbocycles. The van der Waals surface area contributed by atoms with E-state index in [9.17, 15) is 18.0 Å². The van der Waals surface area contributed by atoms with Crippen LogP contribution in [-0.4, -0.2) is 61.7 Å². The van der Waals surface area contributed by atoms with Crippen LogP contribution in [0.4, 0.5) is 13.2 Å². The van der Waals surface area contributed by atoms with Crippen LogP contribution in [0.2, 0.25) is 0 Å². The number of nitrogens with zero attached hydrogens (tertiary/aromatic N) is 5. The predicted octanol–water partition coefficient (Wildman–Crippen LogP) is 4.56. The highest BCUT2D eigenvalue weighted by Gasteiger charge is 2.46. The number of nitrogens with two attached hydrogens (primary N) is 1. The number of amides is 1. The Morgan fingerprint density at radius 1 is 1.11 bits per heavy atom. The van der Waals surface area contributed by atoms with Crippen molar-refractivity contribution in [1.29, 1.82) is 0 Å². The molecule has 3 N–H and O–H groups in total. The average molecular weight is 570 g/mol. The van der Waals surface area contributed by atoms with Gasteiger partial charge in [-0.2, -0.15) is 13.2 Å². The number of rotatable bonds is 5. The van der Waals surface area contributed by atoms with Gasteiger partial charge in [-0.3, -0.25) is 14.1 Å². The zero-order valence-electron chi connectivity index (χ0n) is 20.6. The van der Waals surface area contributed by atoms with Crippen molar-refractivity contribution in [1.82, 2.24) is 29.8 Å². The number of alkyl halides is 3. The molecule has 0 bridgehead atoms. The number of fused-ring (bicyclic) bond motifs is 2. The van der Waals surface area contributed by atoms with Crippen LogP contribution in [0.15, 0.2) is 48.7 Å². The van der Waals surface area contributed by atoms with Crippen molar-refractivity contribution in [3.8, 4) is 11.5 Å². The fourth-order valence-electron chi connectivity index (χ4n) is 4.63. The molecule has 4 aromatic rings. The van der Waals surface area contributed by atoms with E-state index in [-0.39, 0.29) is 61.5 Å². The average Bonchev–Trinajstić information content (AvgIpc) is 3.43. The van der Waals surface area contributed by atoms with Crippen LogP contribution >= 0.6 is 24.8 Å². The Hall–Kier alpha value is -2.99. The zero-order chi connectivity index (χ0) is 25.6. The van der Waals surface area contributed by atoms with E-state index in [1.54, 1.807) is 24.3 Å². The lowest BCUT2D eigenvalue weighted by molar-refractivity contribution is -0.183. The molecule has 3 aromatic heterocycles. The van der Waals surface area contributed by atoms with Crippen molar-refractivity contribution in [2.45, 2.75) is 44.6 Å². The third kappa shape index (κ3) is 5.85. The van der Waals surface area contributed by atoms with Crippen molar-refractivity contribution in [3.05, 3.63) is 59.8 Å². The van der Waals surface area contributed by atoms with Crippen molar-refractivity contribution >= 4 is 47.3 Å². The van der Waals surface area contributed by atoms with E-state index < -0.39 is 12.2 Å². The van der Waals surface area contributed by atoms with Gasteiger partial charge in [0.05, 0.1) is 5.52 Å². The molecule has 38 heavy (non-hydrogen) atoms. The standard InChI is InChI=1S/C25H26F3N7O.2ClH/c1-14(2)30-24(36)16-4-3-15-5-7-19(31-20(15)11-16)23-33-32-21-8-6-17(12-35(21)23)22(25(26,27)28)34-10-9-18(29)13-34;;/h3-8,11-12,14,18,22H,9-10,13,29H2,1-2H3,(H,30,36);2*1H/t18-,22-;;/m0../s1. The van der Waals surface area contributed by atoms with Crippen LogP contribution in [0.3, 0.4) is 0 Å². The Labute approximate surface area is 229 Å². The summed E-state index contributed by atoms with van der Waals surface area (Å²) < 4.78 is 43.9. The van der Waals surface area contributed by atoms with Crippen molar-refractivity contribution in [3.63, 3.8) is 0 Å². The molecule has 204 valence electrons. The van der Waals surface area contributed by atoms with E-state index in [1.807, 2.05) is 19.9 Å². The van der Waals surface area contributed by atoms with E-state index in [4.69, 9.17) is 5.73 Å². The van der Waals surface area contributed by atoms with Gasteiger partial charge >= 0.3 is 6.18 Å². The molecule has 8 nitrogen and oxygen atoms in total. The lowest BCUT2D eigenvalue weighted by atomic mass is 10.1. The number of hydrogen-bond donors (Lipinski definition) is 2. The molecule has 2 atom stereocenters. The Morgan fingerprint density at radius 3 is 2.50 bits per heavy atom. The lowest BCUT2D eigenvalue weighted by Gasteiger charge is -2.30. The number of halogens is 5. The van der Waals surface area contributed by atoms with Gasteiger partial charge in [0.25, 0.3) is 5.91 Å². The molecule has 0 aliphatic carbocycles. The first-order valence-electron chi connectivity index (χ1n) is 11.7. The summed E-state index contributed by atoms with van der Waals surface area (Å²) in [5.74, 6) is 0.0985. The van der Waals surface area contributed by atoms with E-state index in [0.717, 1.165) is 5.39 Å². The fraction of sp³-hybridized carbons (Fsp3) is 0.360. The number of carbonyl (C=O) groups excluding carboxylic acids is 1. The van der Waals surface area contributed by atoms with Gasteiger partial charge in [0.1, 0.15) is 11.7 Å².